The zero-order valence-electron chi connectivity index (χ0n) is 21.2. The van der Waals surface area contributed by atoms with E-state index >= 15 is 0 Å². The second-order valence-corrected chi connectivity index (χ2v) is 11.4. The standard InChI is InChI=1S/C28H31ClN6S/c1-17(2)20-10-19-6-5-7-23(29)26(19)25(11-20)33-9-8-22-24(15-33)31-28(36-4)32-27(22)35-14-21-12-30-16-34(21)13-18(35)3/h5-7,10-12,16-18H,8-9,13-15H2,1-4H3/t18-/m1/s1. The highest BCUT2D eigenvalue weighted by molar-refractivity contribution is 7.98. The number of imidazole rings is 1. The first-order chi connectivity index (χ1) is 17.4. The van der Waals surface area contributed by atoms with Crippen molar-refractivity contribution in [2.24, 2.45) is 0 Å². The van der Waals surface area contributed by atoms with Crippen LogP contribution in [0.1, 0.15) is 49.2 Å². The summed E-state index contributed by atoms with van der Waals surface area (Å²) in [7, 11) is 0. The van der Waals surface area contributed by atoms with Crippen LogP contribution in [0.25, 0.3) is 10.8 Å². The third kappa shape index (κ3) is 4.02. The van der Waals surface area contributed by atoms with E-state index in [1.807, 2.05) is 24.7 Å². The van der Waals surface area contributed by atoms with Crippen LogP contribution in [0.2, 0.25) is 5.02 Å². The fourth-order valence-corrected chi connectivity index (χ4v) is 6.19. The van der Waals surface area contributed by atoms with Crippen molar-refractivity contribution in [2.45, 2.75) is 63.9 Å². The van der Waals surface area contributed by atoms with Crippen LogP contribution in [0.4, 0.5) is 11.5 Å². The molecule has 6 rings (SSSR count). The average molecular weight is 519 g/mol. The largest absolute Gasteiger partial charge is 0.365 e. The lowest BCUT2D eigenvalue weighted by molar-refractivity contribution is 0.467. The summed E-state index contributed by atoms with van der Waals surface area (Å²) < 4.78 is 2.25. The van der Waals surface area contributed by atoms with Crippen molar-refractivity contribution in [3.63, 3.8) is 0 Å². The molecule has 4 aromatic rings. The average Bonchev–Trinajstić information content (AvgIpc) is 3.33. The van der Waals surface area contributed by atoms with Crippen molar-refractivity contribution < 1.29 is 0 Å². The molecule has 0 saturated carbocycles. The van der Waals surface area contributed by atoms with Gasteiger partial charge < -0.3 is 14.4 Å². The van der Waals surface area contributed by atoms with Crippen LogP contribution in [0.3, 0.4) is 0 Å². The van der Waals surface area contributed by atoms with Crippen LogP contribution >= 0.6 is 23.4 Å². The van der Waals surface area contributed by atoms with Crippen molar-refractivity contribution in [2.75, 3.05) is 22.6 Å². The molecule has 2 aliphatic heterocycles. The molecular formula is C28H31ClN6S. The van der Waals surface area contributed by atoms with Crippen molar-refractivity contribution in [3.8, 4) is 0 Å². The van der Waals surface area contributed by atoms with E-state index in [1.165, 1.54) is 27.9 Å². The molecule has 1 atom stereocenters. The molecule has 0 fully saturated rings. The van der Waals surface area contributed by atoms with Crippen molar-refractivity contribution in [1.82, 2.24) is 19.5 Å². The van der Waals surface area contributed by atoms with Gasteiger partial charge in [-0.2, -0.15) is 0 Å². The fraction of sp³-hybridized carbons (Fsp3) is 0.393. The number of nitrogens with zero attached hydrogens (tertiary/aromatic N) is 6. The van der Waals surface area contributed by atoms with Crippen molar-refractivity contribution in [3.05, 3.63) is 70.4 Å². The Hall–Kier alpha value is -2.77. The van der Waals surface area contributed by atoms with Crippen LogP contribution in [0.5, 0.6) is 0 Å². The first kappa shape index (κ1) is 23.6. The van der Waals surface area contributed by atoms with Crippen LogP contribution in [-0.4, -0.2) is 38.4 Å². The minimum absolute atomic E-state index is 0.337. The molecule has 0 radical (unpaired) electrons. The Balaban J connectivity index is 1.42. The normalized spacial score (nSPS) is 17.6. The van der Waals surface area contributed by atoms with Crippen LogP contribution in [0.15, 0.2) is 48.0 Å². The Bertz CT molecular complexity index is 1450. The fourth-order valence-electron chi connectivity index (χ4n) is 5.53. The Labute approximate surface area is 221 Å². The number of rotatable bonds is 4. The molecular weight excluding hydrogens is 488 g/mol. The van der Waals surface area contributed by atoms with E-state index < -0.39 is 0 Å². The Morgan fingerprint density at radius 2 is 2.00 bits per heavy atom. The zero-order chi connectivity index (χ0) is 25.0. The molecule has 0 spiro atoms. The van der Waals surface area contributed by atoms with E-state index in [2.05, 4.69) is 64.6 Å². The van der Waals surface area contributed by atoms with Gasteiger partial charge in [-0.1, -0.05) is 55.4 Å². The second kappa shape index (κ2) is 9.27. The van der Waals surface area contributed by atoms with Gasteiger partial charge in [0.2, 0.25) is 0 Å². The summed E-state index contributed by atoms with van der Waals surface area (Å²) in [6, 6.07) is 11.2. The summed E-state index contributed by atoms with van der Waals surface area (Å²) in [5.41, 5.74) is 6.16. The number of hydrogen-bond donors (Lipinski definition) is 0. The summed E-state index contributed by atoms with van der Waals surface area (Å²) >= 11 is 8.38. The lowest BCUT2D eigenvalue weighted by atomic mass is 9.96. The van der Waals surface area contributed by atoms with E-state index in [0.717, 1.165) is 59.7 Å². The number of hydrogen-bond acceptors (Lipinski definition) is 6. The second-order valence-electron chi connectivity index (χ2n) is 10.2. The van der Waals surface area contributed by atoms with E-state index in [4.69, 9.17) is 21.6 Å². The third-order valence-corrected chi connectivity index (χ3v) is 8.40. The van der Waals surface area contributed by atoms with Gasteiger partial charge in [0.05, 0.1) is 35.8 Å². The first-order valence-electron chi connectivity index (χ1n) is 12.6. The number of thioether (sulfide) groups is 1. The lowest BCUT2D eigenvalue weighted by Gasteiger charge is -2.39. The predicted octanol–water partition coefficient (Wildman–Crippen LogP) is 6.30. The minimum Gasteiger partial charge on any atom is -0.365 e. The number of benzene rings is 2. The van der Waals surface area contributed by atoms with Gasteiger partial charge in [-0.05, 0) is 48.6 Å². The topological polar surface area (TPSA) is 50.1 Å². The molecule has 2 aliphatic rings. The number of fused-ring (bicyclic) bond motifs is 3. The molecule has 2 aromatic heterocycles. The van der Waals surface area contributed by atoms with E-state index in [0.29, 0.717) is 12.0 Å². The summed E-state index contributed by atoms with van der Waals surface area (Å²) in [4.78, 5) is 19.3. The number of anilines is 2. The molecule has 186 valence electrons. The molecule has 0 aliphatic carbocycles. The molecule has 6 nitrogen and oxygen atoms in total. The maximum atomic E-state index is 6.77. The number of aromatic nitrogens is 4. The highest BCUT2D eigenvalue weighted by Gasteiger charge is 2.31. The van der Waals surface area contributed by atoms with Crippen LogP contribution in [-0.2, 0) is 26.1 Å². The van der Waals surface area contributed by atoms with Gasteiger partial charge in [-0.25, -0.2) is 15.0 Å². The molecule has 0 amide bonds. The highest BCUT2D eigenvalue weighted by atomic mass is 35.5. The summed E-state index contributed by atoms with van der Waals surface area (Å²) in [5, 5.41) is 3.96. The van der Waals surface area contributed by atoms with Crippen LogP contribution < -0.4 is 9.80 Å². The molecule has 36 heavy (non-hydrogen) atoms. The zero-order valence-corrected chi connectivity index (χ0v) is 22.8. The maximum absolute atomic E-state index is 6.77. The van der Waals surface area contributed by atoms with Gasteiger partial charge >= 0.3 is 0 Å². The first-order valence-corrected chi connectivity index (χ1v) is 14.2. The molecule has 0 saturated heterocycles. The van der Waals surface area contributed by atoms with Gasteiger partial charge in [0.15, 0.2) is 5.16 Å². The molecule has 8 heteroatoms. The molecule has 0 unspecified atom stereocenters. The number of halogens is 1. The highest BCUT2D eigenvalue weighted by Crippen LogP contribution is 2.39. The van der Waals surface area contributed by atoms with Gasteiger partial charge in [-0.15, -0.1) is 0 Å². The van der Waals surface area contributed by atoms with Gasteiger partial charge in [0.25, 0.3) is 0 Å². The monoisotopic (exact) mass is 518 g/mol. The van der Waals surface area contributed by atoms with Gasteiger partial charge in [-0.3, -0.25) is 0 Å². The SMILES string of the molecule is CSc1nc2c(c(N3Cc4cncn4C[C@H]3C)n1)CCN(c1cc(C(C)C)cc3cccc(Cl)c13)C2. The van der Waals surface area contributed by atoms with E-state index in [-0.39, 0.29) is 0 Å². The van der Waals surface area contributed by atoms with Gasteiger partial charge in [0, 0.05) is 42.0 Å². The lowest BCUT2D eigenvalue weighted by Crippen LogP contribution is -2.43. The smallest absolute Gasteiger partial charge is 0.189 e. The maximum Gasteiger partial charge on any atom is 0.189 e. The Morgan fingerprint density at radius 1 is 1.14 bits per heavy atom. The van der Waals surface area contributed by atoms with Gasteiger partial charge in [0.1, 0.15) is 5.82 Å². The third-order valence-electron chi connectivity index (χ3n) is 7.54. The van der Waals surface area contributed by atoms with Crippen molar-refractivity contribution in [1.29, 1.82) is 0 Å². The Morgan fingerprint density at radius 3 is 2.81 bits per heavy atom. The van der Waals surface area contributed by atoms with E-state index in [1.54, 1.807) is 11.8 Å². The minimum atomic E-state index is 0.337. The van der Waals surface area contributed by atoms with Crippen molar-refractivity contribution >= 4 is 45.6 Å². The summed E-state index contributed by atoms with van der Waals surface area (Å²) in [6.07, 6.45) is 6.87. The Kier molecular flexibility index (Phi) is 6.08. The molecule has 4 heterocycles. The summed E-state index contributed by atoms with van der Waals surface area (Å²) in [5.74, 6) is 1.53. The molecule has 2 aromatic carbocycles. The van der Waals surface area contributed by atoms with E-state index in [9.17, 15) is 0 Å². The molecule has 0 N–H and O–H groups in total. The quantitative estimate of drug-likeness (QED) is 0.233. The van der Waals surface area contributed by atoms with Crippen LogP contribution in [0, 0.1) is 0 Å². The summed E-state index contributed by atoms with van der Waals surface area (Å²) in [6.45, 7) is 10.2. The molecule has 0 bridgehead atoms. The predicted molar refractivity (Wildman–Crippen MR) is 149 cm³/mol.